The molecule has 0 unspecified atom stereocenters. The fourth-order valence-corrected chi connectivity index (χ4v) is 2.99. The molecule has 0 atom stereocenters. The van der Waals surface area contributed by atoms with Crippen LogP contribution in [-0.2, 0) is 0 Å². The van der Waals surface area contributed by atoms with Gasteiger partial charge in [0.25, 0.3) is 0 Å². The molecule has 3 heterocycles. The van der Waals surface area contributed by atoms with Crippen molar-refractivity contribution in [1.82, 2.24) is 20.0 Å². The molecule has 3 aromatic rings. The van der Waals surface area contributed by atoms with E-state index in [2.05, 4.69) is 27.4 Å². The Morgan fingerprint density at radius 2 is 2.10 bits per heavy atom. The highest BCUT2D eigenvalue weighted by atomic mass is 16.5. The molecule has 1 aliphatic rings. The summed E-state index contributed by atoms with van der Waals surface area (Å²) in [5.74, 6) is 1.91. The number of anilines is 1. The van der Waals surface area contributed by atoms with Crippen molar-refractivity contribution >= 4 is 11.7 Å². The number of amides is 2. The predicted octanol–water partition coefficient (Wildman–Crippen LogP) is 3.94. The van der Waals surface area contributed by atoms with E-state index in [0.717, 1.165) is 29.8 Å². The number of carbonyl (C=O) groups is 1. The van der Waals surface area contributed by atoms with Gasteiger partial charge in [-0.2, -0.15) is 4.98 Å². The molecular weight excluding hydrogens is 370 g/mol. The fraction of sp³-hybridized carbons (Fsp3) is 0.333. The maximum atomic E-state index is 12.4. The number of nitrogens with one attached hydrogen (secondary N) is 1. The zero-order valence-electron chi connectivity index (χ0n) is 16.2. The lowest BCUT2D eigenvalue weighted by atomic mass is 10.0. The molecule has 0 spiro atoms. The average Bonchev–Trinajstić information content (AvgIpc) is 3.19. The van der Waals surface area contributed by atoms with Crippen LogP contribution >= 0.6 is 0 Å². The van der Waals surface area contributed by atoms with Gasteiger partial charge in [0.2, 0.25) is 11.7 Å². The van der Waals surface area contributed by atoms with E-state index < -0.39 is 0 Å². The molecule has 1 aromatic carbocycles. The molecule has 4 rings (SSSR count). The number of pyridine rings is 1. The van der Waals surface area contributed by atoms with E-state index in [9.17, 15) is 4.79 Å². The molecule has 150 valence electrons. The largest absolute Gasteiger partial charge is 0.494 e. The first-order valence-electron chi connectivity index (χ1n) is 9.75. The minimum Gasteiger partial charge on any atom is -0.494 e. The molecule has 1 fully saturated rings. The van der Waals surface area contributed by atoms with Crippen LogP contribution in [-0.4, -0.2) is 45.8 Å². The van der Waals surface area contributed by atoms with Gasteiger partial charge in [-0.05, 0) is 42.8 Å². The van der Waals surface area contributed by atoms with Crippen molar-refractivity contribution in [3.05, 3.63) is 54.7 Å². The summed E-state index contributed by atoms with van der Waals surface area (Å²) in [5, 5.41) is 6.90. The Morgan fingerprint density at radius 1 is 1.28 bits per heavy atom. The van der Waals surface area contributed by atoms with Crippen LogP contribution in [0.3, 0.4) is 0 Å². The van der Waals surface area contributed by atoms with E-state index in [1.807, 2.05) is 36.4 Å². The monoisotopic (exact) mass is 393 g/mol. The molecule has 8 heteroatoms. The van der Waals surface area contributed by atoms with Crippen LogP contribution in [0.15, 0.2) is 53.3 Å². The molecule has 0 aliphatic carbocycles. The third-order valence-corrected chi connectivity index (χ3v) is 4.75. The van der Waals surface area contributed by atoms with Gasteiger partial charge in [-0.1, -0.05) is 18.5 Å². The number of carbonyl (C=O) groups excluding carboxylic acids is 1. The molecule has 2 aromatic heterocycles. The second kappa shape index (κ2) is 8.72. The number of hydrogen-bond acceptors (Lipinski definition) is 6. The van der Waals surface area contributed by atoms with Crippen molar-refractivity contribution < 1.29 is 14.1 Å². The molecule has 0 saturated carbocycles. The zero-order chi connectivity index (χ0) is 20.1. The molecular formula is C21H23N5O3. The normalized spacial score (nSPS) is 13.8. The highest BCUT2D eigenvalue weighted by Crippen LogP contribution is 2.28. The topological polar surface area (TPSA) is 93.4 Å². The number of ether oxygens (including phenoxy) is 1. The Bertz CT molecular complexity index is 936. The van der Waals surface area contributed by atoms with Crippen molar-refractivity contribution in [2.75, 3.05) is 25.0 Å². The standard InChI is InChI=1S/C21H23N5O3/c1-2-3-11-28-18-8-6-17(7-9-18)23-21(27)26-13-16(14-26)20-24-19(25-29-20)15-5-4-10-22-12-15/h4-10,12,16H,2-3,11,13-14H2,1H3,(H,23,27). The van der Waals surface area contributed by atoms with Crippen molar-refractivity contribution in [2.45, 2.75) is 25.7 Å². The maximum Gasteiger partial charge on any atom is 0.321 e. The highest BCUT2D eigenvalue weighted by molar-refractivity contribution is 5.90. The summed E-state index contributed by atoms with van der Waals surface area (Å²) in [4.78, 5) is 22.6. The molecule has 8 nitrogen and oxygen atoms in total. The highest BCUT2D eigenvalue weighted by Gasteiger charge is 2.35. The van der Waals surface area contributed by atoms with Crippen LogP contribution in [0, 0.1) is 0 Å². The molecule has 0 radical (unpaired) electrons. The number of hydrogen-bond donors (Lipinski definition) is 1. The molecule has 2 amide bonds. The van der Waals surface area contributed by atoms with E-state index in [-0.39, 0.29) is 11.9 Å². The quantitative estimate of drug-likeness (QED) is 0.611. The number of likely N-dealkylation sites (tertiary alicyclic amines) is 1. The Kier molecular flexibility index (Phi) is 5.69. The maximum absolute atomic E-state index is 12.4. The second-order valence-electron chi connectivity index (χ2n) is 6.96. The SMILES string of the molecule is CCCCOc1ccc(NC(=O)N2CC(c3nc(-c4cccnc4)no3)C2)cc1. The van der Waals surface area contributed by atoms with E-state index in [1.165, 1.54) is 0 Å². The van der Waals surface area contributed by atoms with Gasteiger partial charge in [0.1, 0.15) is 5.75 Å². The van der Waals surface area contributed by atoms with Gasteiger partial charge < -0.3 is 19.5 Å². The minimum atomic E-state index is -0.145. The van der Waals surface area contributed by atoms with Gasteiger partial charge in [0.05, 0.1) is 12.5 Å². The van der Waals surface area contributed by atoms with E-state index in [1.54, 1.807) is 17.3 Å². The van der Waals surface area contributed by atoms with Crippen molar-refractivity contribution in [3.63, 3.8) is 0 Å². The number of benzene rings is 1. The summed E-state index contributed by atoms with van der Waals surface area (Å²) in [6.45, 7) is 3.91. The lowest BCUT2D eigenvalue weighted by Gasteiger charge is -2.36. The first-order chi connectivity index (χ1) is 14.2. The third-order valence-electron chi connectivity index (χ3n) is 4.75. The third kappa shape index (κ3) is 4.53. The van der Waals surface area contributed by atoms with Crippen molar-refractivity contribution in [1.29, 1.82) is 0 Å². The Hall–Kier alpha value is -3.42. The van der Waals surface area contributed by atoms with Crippen LogP contribution < -0.4 is 10.1 Å². The Balaban J connectivity index is 1.27. The summed E-state index contributed by atoms with van der Waals surface area (Å²) >= 11 is 0. The number of nitrogens with zero attached hydrogens (tertiary/aromatic N) is 4. The van der Waals surface area contributed by atoms with Crippen LogP contribution in [0.5, 0.6) is 5.75 Å². The summed E-state index contributed by atoms with van der Waals surface area (Å²) in [7, 11) is 0. The summed E-state index contributed by atoms with van der Waals surface area (Å²) in [6, 6.07) is 11.0. The van der Waals surface area contributed by atoms with Crippen LogP contribution in [0.4, 0.5) is 10.5 Å². The van der Waals surface area contributed by atoms with E-state index in [4.69, 9.17) is 9.26 Å². The predicted molar refractivity (Wildman–Crippen MR) is 108 cm³/mol. The van der Waals surface area contributed by atoms with Crippen LogP contribution in [0.2, 0.25) is 0 Å². The molecule has 29 heavy (non-hydrogen) atoms. The van der Waals surface area contributed by atoms with Crippen LogP contribution in [0.25, 0.3) is 11.4 Å². The van der Waals surface area contributed by atoms with E-state index in [0.29, 0.717) is 31.4 Å². The van der Waals surface area contributed by atoms with Crippen LogP contribution in [0.1, 0.15) is 31.6 Å². The lowest BCUT2D eigenvalue weighted by Crippen LogP contribution is -2.50. The summed E-state index contributed by atoms with van der Waals surface area (Å²) < 4.78 is 11.0. The van der Waals surface area contributed by atoms with Gasteiger partial charge in [0, 0.05) is 36.7 Å². The first-order valence-corrected chi connectivity index (χ1v) is 9.75. The number of aromatic nitrogens is 3. The molecule has 0 bridgehead atoms. The molecule has 1 saturated heterocycles. The van der Waals surface area contributed by atoms with Crippen molar-refractivity contribution in [2.24, 2.45) is 0 Å². The first kappa shape index (κ1) is 18.9. The van der Waals surface area contributed by atoms with Gasteiger partial charge in [-0.15, -0.1) is 0 Å². The van der Waals surface area contributed by atoms with Gasteiger partial charge >= 0.3 is 6.03 Å². The Labute approximate surface area is 168 Å². The number of unbranched alkanes of at least 4 members (excludes halogenated alkanes) is 1. The zero-order valence-corrected chi connectivity index (χ0v) is 16.2. The number of rotatable bonds is 7. The van der Waals surface area contributed by atoms with Gasteiger partial charge in [-0.25, -0.2) is 4.79 Å². The molecule has 1 aliphatic heterocycles. The van der Waals surface area contributed by atoms with Gasteiger partial charge in [-0.3, -0.25) is 4.98 Å². The second-order valence-corrected chi connectivity index (χ2v) is 6.96. The average molecular weight is 393 g/mol. The number of urea groups is 1. The molecule has 1 N–H and O–H groups in total. The van der Waals surface area contributed by atoms with E-state index >= 15 is 0 Å². The lowest BCUT2D eigenvalue weighted by molar-refractivity contribution is 0.147. The smallest absolute Gasteiger partial charge is 0.321 e. The minimum absolute atomic E-state index is 0.0491. The summed E-state index contributed by atoms with van der Waals surface area (Å²) in [5.41, 5.74) is 1.54. The summed E-state index contributed by atoms with van der Waals surface area (Å²) in [6.07, 6.45) is 5.51. The van der Waals surface area contributed by atoms with Gasteiger partial charge in [0.15, 0.2) is 0 Å². The van der Waals surface area contributed by atoms with Crippen molar-refractivity contribution in [3.8, 4) is 17.1 Å². The Morgan fingerprint density at radius 3 is 2.83 bits per heavy atom. The fourth-order valence-electron chi connectivity index (χ4n) is 2.99.